The average Bonchev–Trinajstić information content (AvgIpc) is 3.23. The first-order chi connectivity index (χ1) is 8.90. The van der Waals surface area contributed by atoms with Gasteiger partial charge in [-0.25, -0.2) is 0 Å². The minimum Gasteiger partial charge on any atom is -0.313 e. The van der Waals surface area contributed by atoms with Crippen LogP contribution in [0.2, 0.25) is 0 Å². The Morgan fingerprint density at radius 1 is 1.22 bits per heavy atom. The van der Waals surface area contributed by atoms with Crippen LogP contribution in [0.15, 0.2) is 30.3 Å². The van der Waals surface area contributed by atoms with Gasteiger partial charge < -0.3 is 5.32 Å². The van der Waals surface area contributed by atoms with Crippen molar-refractivity contribution in [2.24, 2.45) is 0 Å². The fraction of sp³-hybridized carbons (Fsp3) is 0.529. The van der Waals surface area contributed by atoms with Crippen molar-refractivity contribution in [1.82, 2.24) is 5.32 Å². The molecule has 18 heavy (non-hydrogen) atoms. The quantitative estimate of drug-likeness (QED) is 0.540. The van der Waals surface area contributed by atoms with Crippen LogP contribution in [0.3, 0.4) is 0 Å². The molecule has 0 amide bonds. The van der Waals surface area contributed by atoms with Crippen molar-refractivity contribution in [1.29, 1.82) is 0 Å². The summed E-state index contributed by atoms with van der Waals surface area (Å²) in [5.41, 5.74) is 1.46. The van der Waals surface area contributed by atoms with Gasteiger partial charge >= 0.3 is 0 Å². The number of rotatable bonds is 8. The molecule has 1 aromatic rings. The van der Waals surface area contributed by atoms with Gasteiger partial charge in [-0.15, -0.1) is 12.3 Å². The fourth-order valence-corrected chi connectivity index (χ4v) is 2.33. The Morgan fingerprint density at radius 2 is 2.00 bits per heavy atom. The lowest BCUT2D eigenvalue weighted by molar-refractivity contribution is 0.523. The number of nitrogens with one attached hydrogen (secondary N) is 1. The van der Waals surface area contributed by atoms with E-state index in [0.29, 0.717) is 5.92 Å². The zero-order chi connectivity index (χ0) is 12.6. The molecule has 1 nitrogen and oxygen atoms in total. The van der Waals surface area contributed by atoms with Crippen LogP contribution in [-0.4, -0.2) is 12.6 Å². The number of hydrogen-bond acceptors (Lipinski definition) is 1. The van der Waals surface area contributed by atoms with E-state index in [1.54, 1.807) is 0 Å². The van der Waals surface area contributed by atoms with Crippen LogP contribution < -0.4 is 5.32 Å². The van der Waals surface area contributed by atoms with Crippen molar-refractivity contribution in [2.45, 2.75) is 50.5 Å². The van der Waals surface area contributed by atoms with E-state index in [2.05, 4.69) is 41.6 Å². The van der Waals surface area contributed by atoms with Gasteiger partial charge in [0.1, 0.15) is 0 Å². The van der Waals surface area contributed by atoms with Crippen LogP contribution in [0.5, 0.6) is 0 Å². The highest BCUT2D eigenvalue weighted by Crippen LogP contribution is 2.24. The van der Waals surface area contributed by atoms with E-state index in [9.17, 15) is 0 Å². The van der Waals surface area contributed by atoms with E-state index in [-0.39, 0.29) is 0 Å². The molecular weight excluding hydrogens is 218 g/mol. The van der Waals surface area contributed by atoms with Gasteiger partial charge in [-0.1, -0.05) is 36.8 Å². The second kappa shape index (κ2) is 7.24. The van der Waals surface area contributed by atoms with E-state index in [0.717, 1.165) is 25.4 Å². The summed E-state index contributed by atoms with van der Waals surface area (Å²) in [6.07, 6.45) is 12.6. The highest BCUT2D eigenvalue weighted by Gasteiger charge is 2.22. The Bertz CT molecular complexity index is 372. The first-order valence-corrected chi connectivity index (χ1v) is 7.12. The number of hydrogen-bond donors (Lipinski definition) is 1. The molecule has 0 saturated heterocycles. The van der Waals surface area contributed by atoms with Gasteiger partial charge in [0, 0.05) is 19.0 Å². The summed E-state index contributed by atoms with van der Waals surface area (Å²) < 4.78 is 0. The summed E-state index contributed by atoms with van der Waals surface area (Å²) in [5, 5.41) is 3.66. The highest BCUT2D eigenvalue weighted by atomic mass is 14.9. The average molecular weight is 241 g/mol. The van der Waals surface area contributed by atoms with Crippen LogP contribution in [-0.2, 0) is 0 Å². The molecule has 2 rings (SSSR count). The molecule has 1 fully saturated rings. The van der Waals surface area contributed by atoms with E-state index in [1.165, 1.54) is 31.2 Å². The minimum absolute atomic E-state index is 0.643. The summed E-state index contributed by atoms with van der Waals surface area (Å²) in [7, 11) is 0. The van der Waals surface area contributed by atoms with Gasteiger partial charge in [-0.05, 0) is 37.2 Å². The third-order valence-electron chi connectivity index (χ3n) is 3.62. The smallest absolute Gasteiger partial charge is 0.00860 e. The molecule has 1 unspecified atom stereocenters. The number of terminal acetylenes is 1. The second-order valence-corrected chi connectivity index (χ2v) is 5.24. The van der Waals surface area contributed by atoms with Crippen LogP contribution >= 0.6 is 0 Å². The van der Waals surface area contributed by atoms with Gasteiger partial charge in [0.25, 0.3) is 0 Å². The first-order valence-electron chi connectivity index (χ1n) is 7.12. The van der Waals surface area contributed by atoms with Crippen molar-refractivity contribution in [2.75, 3.05) is 6.54 Å². The third kappa shape index (κ3) is 4.55. The minimum atomic E-state index is 0.643. The Labute approximate surface area is 111 Å². The zero-order valence-electron chi connectivity index (χ0n) is 11.1. The Balaban J connectivity index is 1.83. The van der Waals surface area contributed by atoms with Crippen molar-refractivity contribution in [3.8, 4) is 12.3 Å². The molecule has 0 bridgehead atoms. The molecule has 1 aliphatic rings. The topological polar surface area (TPSA) is 12.0 Å². The maximum atomic E-state index is 5.30. The molecule has 0 aliphatic heterocycles. The Hall–Kier alpha value is -1.26. The maximum absolute atomic E-state index is 5.30. The van der Waals surface area contributed by atoms with Crippen LogP contribution in [0.4, 0.5) is 0 Å². The van der Waals surface area contributed by atoms with Crippen LogP contribution in [0.25, 0.3) is 0 Å². The molecule has 0 heterocycles. The molecule has 1 aliphatic carbocycles. The van der Waals surface area contributed by atoms with Crippen LogP contribution in [0.1, 0.15) is 50.0 Å². The molecule has 1 aromatic carbocycles. The van der Waals surface area contributed by atoms with Crippen molar-refractivity contribution < 1.29 is 0 Å². The first kappa shape index (κ1) is 13.2. The maximum Gasteiger partial charge on any atom is 0.00860 e. The lowest BCUT2D eigenvalue weighted by Crippen LogP contribution is -2.23. The van der Waals surface area contributed by atoms with Crippen molar-refractivity contribution in [3.05, 3.63) is 35.9 Å². The molecular formula is C17H23N. The molecule has 1 saturated carbocycles. The predicted octanol–water partition coefficient (Wildman–Crippen LogP) is 3.72. The Morgan fingerprint density at radius 3 is 2.67 bits per heavy atom. The van der Waals surface area contributed by atoms with E-state index in [4.69, 9.17) is 6.42 Å². The Kier molecular flexibility index (Phi) is 5.30. The van der Waals surface area contributed by atoms with E-state index >= 15 is 0 Å². The largest absolute Gasteiger partial charge is 0.313 e. The summed E-state index contributed by atoms with van der Waals surface area (Å²) in [4.78, 5) is 0. The normalized spacial score (nSPS) is 16.2. The molecule has 0 aromatic heterocycles. The molecule has 1 atom stereocenters. The fourth-order valence-electron chi connectivity index (χ4n) is 2.33. The van der Waals surface area contributed by atoms with Crippen molar-refractivity contribution >= 4 is 0 Å². The molecule has 0 radical (unpaired) electrons. The summed E-state index contributed by atoms with van der Waals surface area (Å²) >= 11 is 0. The lowest BCUT2D eigenvalue weighted by atomic mass is 9.93. The van der Waals surface area contributed by atoms with E-state index < -0.39 is 0 Å². The number of benzene rings is 1. The third-order valence-corrected chi connectivity index (χ3v) is 3.62. The van der Waals surface area contributed by atoms with Gasteiger partial charge in [0.15, 0.2) is 0 Å². The predicted molar refractivity (Wildman–Crippen MR) is 77.5 cm³/mol. The molecule has 1 heteroatoms. The van der Waals surface area contributed by atoms with Gasteiger partial charge in [0.05, 0.1) is 0 Å². The monoisotopic (exact) mass is 241 g/mol. The van der Waals surface area contributed by atoms with E-state index in [1.807, 2.05) is 0 Å². The summed E-state index contributed by atoms with van der Waals surface area (Å²) in [6, 6.07) is 11.7. The van der Waals surface area contributed by atoms with Gasteiger partial charge in [-0.2, -0.15) is 0 Å². The standard InChI is InChI=1S/C17H23N/c1-2-3-4-6-11-16(14-18-17-12-13-17)15-9-7-5-8-10-15/h1,5,7-10,16-18H,3-4,6,11-14H2. The highest BCUT2D eigenvalue weighted by molar-refractivity contribution is 5.20. The second-order valence-electron chi connectivity index (χ2n) is 5.24. The molecule has 1 N–H and O–H groups in total. The SMILES string of the molecule is C#CCCCCC(CNC1CC1)c1ccccc1. The lowest BCUT2D eigenvalue weighted by Gasteiger charge is -2.18. The molecule has 0 spiro atoms. The molecule has 96 valence electrons. The van der Waals surface area contributed by atoms with Crippen LogP contribution in [0, 0.1) is 12.3 Å². The van der Waals surface area contributed by atoms with Gasteiger partial charge in [-0.3, -0.25) is 0 Å². The zero-order valence-corrected chi connectivity index (χ0v) is 11.1. The van der Waals surface area contributed by atoms with Gasteiger partial charge in [0.2, 0.25) is 0 Å². The summed E-state index contributed by atoms with van der Waals surface area (Å²) in [5.74, 6) is 3.37. The summed E-state index contributed by atoms with van der Waals surface area (Å²) in [6.45, 7) is 1.12. The number of unbranched alkanes of at least 4 members (excludes halogenated alkanes) is 2. The van der Waals surface area contributed by atoms with Crippen molar-refractivity contribution in [3.63, 3.8) is 0 Å².